The summed E-state index contributed by atoms with van der Waals surface area (Å²) < 4.78 is 12.4. The molecular formula is C14H16N2O3. The van der Waals surface area contributed by atoms with E-state index in [1.54, 1.807) is 6.33 Å². The number of hydrogen-bond acceptors (Lipinski definition) is 4. The zero-order valence-electron chi connectivity index (χ0n) is 11.0. The Balaban J connectivity index is 2.04. The SMILES string of the molecule is CCOC(=O)C1(c2ccc3c(c2)ncn3C)COC1. The summed E-state index contributed by atoms with van der Waals surface area (Å²) in [5.74, 6) is -0.212. The van der Waals surface area contributed by atoms with Crippen molar-refractivity contribution in [2.45, 2.75) is 12.3 Å². The van der Waals surface area contributed by atoms with Gasteiger partial charge in [0.25, 0.3) is 0 Å². The number of rotatable bonds is 3. The number of hydrogen-bond donors (Lipinski definition) is 0. The third kappa shape index (κ3) is 1.73. The molecule has 19 heavy (non-hydrogen) atoms. The number of ether oxygens (including phenoxy) is 2. The van der Waals surface area contributed by atoms with Crippen molar-refractivity contribution >= 4 is 17.0 Å². The lowest BCUT2D eigenvalue weighted by Gasteiger charge is -2.39. The minimum atomic E-state index is -0.651. The highest BCUT2D eigenvalue weighted by Crippen LogP contribution is 2.35. The molecule has 2 heterocycles. The van der Waals surface area contributed by atoms with E-state index in [0.717, 1.165) is 16.6 Å². The van der Waals surface area contributed by atoms with Crippen molar-refractivity contribution in [3.05, 3.63) is 30.1 Å². The van der Waals surface area contributed by atoms with Gasteiger partial charge in [-0.1, -0.05) is 6.07 Å². The molecule has 5 nitrogen and oxygen atoms in total. The number of carbonyl (C=O) groups is 1. The van der Waals surface area contributed by atoms with Gasteiger partial charge in [-0.3, -0.25) is 4.79 Å². The van der Waals surface area contributed by atoms with Gasteiger partial charge in [-0.2, -0.15) is 0 Å². The van der Waals surface area contributed by atoms with Crippen LogP contribution in [0.2, 0.25) is 0 Å². The number of carbonyl (C=O) groups excluding carboxylic acids is 1. The molecule has 2 aromatic rings. The van der Waals surface area contributed by atoms with Crippen LogP contribution in [0.15, 0.2) is 24.5 Å². The normalized spacial score (nSPS) is 17.2. The van der Waals surface area contributed by atoms with E-state index >= 15 is 0 Å². The van der Waals surface area contributed by atoms with Crippen LogP contribution >= 0.6 is 0 Å². The first-order valence-electron chi connectivity index (χ1n) is 6.34. The average molecular weight is 260 g/mol. The van der Waals surface area contributed by atoms with Gasteiger partial charge in [0.1, 0.15) is 5.41 Å². The molecule has 0 saturated carbocycles. The highest BCUT2D eigenvalue weighted by molar-refractivity contribution is 5.87. The van der Waals surface area contributed by atoms with Gasteiger partial charge in [0.15, 0.2) is 0 Å². The smallest absolute Gasteiger partial charge is 0.321 e. The number of aromatic nitrogens is 2. The van der Waals surface area contributed by atoms with Crippen molar-refractivity contribution in [1.29, 1.82) is 0 Å². The molecular weight excluding hydrogens is 244 g/mol. The first kappa shape index (κ1) is 12.2. The molecule has 1 aliphatic heterocycles. The molecule has 0 amide bonds. The van der Waals surface area contributed by atoms with Crippen LogP contribution in [0.25, 0.3) is 11.0 Å². The van der Waals surface area contributed by atoms with E-state index in [0.29, 0.717) is 19.8 Å². The van der Waals surface area contributed by atoms with E-state index in [1.165, 1.54) is 0 Å². The summed E-state index contributed by atoms with van der Waals surface area (Å²) >= 11 is 0. The lowest BCUT2D eigenvalue weighted by Crippen LogP contribution is -2.53. The van der Waals surface area contributed by atoms with Crippen molar-refractivity contribution in [2.24, 2.45) is 7.05 Å². The summed E-state index contributed by atoms with van der Waals surface area (Å²) in [5.41, 5.74) is 2.20. The molecule has 1 fully saturated rings. The van der Waals surface area contributed by atoms with Crippen LogP contribution in [0.1, 0.15) is 12.5 Å². The summed E-state index contributed by atoms with van der Waals surface area (Å²) in [5, 5.41) is 0. The maximum atomic E-state index is 12.2. The lowest BCUT2D eigenvalue weighted by molar-refractivity contribution is -0.169. The number of imidazole rings is 1. The van der Waals surface area contributed by atoms with E-state index in [4.69, 9.17) is 9.47 Å². The van der Waals surface area contributed by atoms with E-state index in [2.05, 4.69) is 4.98 Å². The topological polar surface area (TPSA) is 53.3 Å². The Bertz CT molecular complexity index is 629. The quantitative estimate of drug-likeness (QED) is 0.783. The zero-order valence-corrected chi connectivity index (χ0v) is 11.0. The fraction of sp³-hybridized carbons (Fsp3) is 0.429. The van der Waals surface area contributed by atoms with Crippen molar-refractivity contribution < 1.29 is 14.3 Å². The Hall–Kier alpha value is -1.88. The van der Waals surface area contributed by atoms with Crippen LogP contribution in [0.5, 0.6) is 0 Å². The summed E-state index contributed by atoms with van der Waals surface area (Å²) in [7, 11) is 1.95. The number of aryl methyl sites for hydroxylation is 1. The minimum absolute atomic E-state index is 0.212. The van der Waals surface area contributed by atoms with Crippen LogP contribution in [0, 0.1) is 0 Å². The molecule has 1 aromatic heterocycles. The second kappa shape index (κ2) is 4.35. The largest absolute Gasteiger partial charge is 0.465 e. The van der Waals surface area contributed by atoms with Gasteiger partial charge >= 0.3 is 5.97 Å². The molecule has 0 N–H and O–H groups in total. The van der Waals surface area contributed by atoms with Crippen LogP contribution in [0.4, 0.5) is 0 Å². The van der Waals surface area contributed by atoms with Gasteiger partial charge in [-0.25, -0.2) is 4.98 Å². The van der Waals surface area contributed by atoms with Crippen molar-refractivity contribution in [3.8, 4) is 0 Å². The van der Waals surface area contributed by atoms with Gasteiger partial charge < -0.3 is 14.0 Å². The predicted molar refractivity (Wildman–Crippen MR) is 69.8 cm³/mol. The second-order valence-electron chi connectivity index (χ2n) is 4.85. The van der Waals surface area contributed by atoms with Gasteiger partial charge in [0.05, 0.1) is 37.2 Å². The molecule has 0 radical (unpaired) electrons. The molecule has 0 spiro atoms. The lowest BCUT2D eigenvalue weighted by atomic mass is 9.78. The summed E-state index contributed by atoms with van der Waals surface area (Å²) in [6.45, 7) is 2.95. The van der Waals surface area contributed by atoms with E-state index in [-0.39, 0.29) is 5.97 Å². The second-order valence-corrected chi connectivity index (χ2v) is 4.85. The number of benzene rings is 1. The molecule has 100 valence electrons. The van der Waals surface area contributed by atoms with Gasteiger partial charge in [-0.15, -0.1) is 0 Å². The van der Waals surface area contributed by atoms with Crippen molar-refractivity contribution in [3.63, 3.8) is 0 Å². The average Bonchev–Trinajstić information content (AvgIpc) is 2.70. The third-order valence-electron chi connectivity index (χ3n) is 3.64. The standard InChI is InChI=1S/C14H16N2O3/c1-3-19-13(17)14(7-18-8-14)10-4-5-12-11(6-10)15-9-16(12)2/h4-6,9H,3,7-8H2,1-2H3. The maximum absolute atomic E-state index is 12.2. The number of fused-ring (bicyclic) bond motifs is 1. The highest BCUT2D eigenvalue weighted by Gasteiger charge is 2.49. The van der Waals surface area contributed by atoms with Crippen LogP contribution in [-0.4, -0.2) is 35.3 Å². The van der Waals surface area contributed by atoms with E-state index < -0.39 is 5.41 Å². The molecule has 1 saturated heterocycles. The van der Waals surface area contributed by atoms with Gasteiger partial charge in [-0.05, 0) is 24.6 Å². The Morgan fingerprint density at radius 2 is 2.32 bits per heavy atom. The molecule has 0 bridgehead atoms. The van der Waals surface area contributed by atoms with Crippen LogP contribution < -0.4 is 0 Å². The fourth-order valence-corrected chi connectivity index (χ4v) is 2.41. The Morgan fingerprint density at radius 1 is 1.53 bits per heavy atom. The minimum Gasteiger partial charge on any atom is -0.465 e. The third-order valence-corrected chi connectivity index (χ3v) is 3.64. The number of nitrogens with zero attached hydrogens (tertiary/aromatic N) is 2. The highest BCUT2D eigenvalue weighted by atomic mass is 16.6. The number of esters is 1. The Morgan fingerprint density at radius 3 is 2.95 bits per heavy atom. The zero-order chi connectivity index (χ0) is 13.5. The Kier molecular flexibility index (Phi) is 2.78. The van der Waals surface area contributed by atoms with Gasteiger partial charge in [0, 0.05) is 7.05 Å². The molecule has 1 aliphatic rings. The molecule has 0 aliphatic carbocycles. The predicted octanol–water partition coefficient (Wildman–Crippen LogP) is 1.40. The van der Waals surface area contributed by atoms with Gasteiger partial charge in [0.2, 0.25) is 0 Å². The fourth-order valence-electron chi connectivity index (χ4n) is 2.41. The van der Waals surface area contributed by atoms with E-state index in [9.17, 15) is 4.79 Å². The summed E-state index contributed by atoms with van der Waals surface area (Å²) in [6.07, 6.45) is 1.77. The van der Waals surface area contributed by atoms with Crippen molar-refractivity contribution in [2.75, 3.05) is 19.8 Å². The molecule has 0 unspecified atom stereocenters. The maximum Gasteiger partial charge on any atom is 0.321 e. The van der Waals surface area contributed by atoms with Crippen LogP contribution in [-0.2, 0) is 26.7 Å². The molecule has 3 rings (SSSR count). The summed E-state index contributed by atoms with van der Waals surface area (Å²) in [4.78, 5) is 16.5. The van der Waals surface area contributed by atoms with Crippen molar-refractivity contribution in [1.82, 2.24) is 9.55 Å². The first-order chi connectivity index (χ1) is 9.17. The molecule has 0 atom stereocenters. The Labute approximate surface area is 111 Å². The molecule has 1 aromatic carbocycles. The van der Waals surface area contributed by atoms with E-state index in [1.807, 2.05) is 36.7 Å². The van der Waals surface area contributed by atoms with Crippen LogP contribution in [0.3, 0.4) is 0 Å². The summed E-state index contributed by atoms with van der Waals surface area (Å²) in [6, 6.07) is 5.90. The monoisotopic (exact) mass is 260 g/mol. The molecule has 5 heteroatoms. The first-order valence-corrected chi connectivity index (χ1v) is 6.34.